The molecule has 90 valence electrons. The highest BCUT2D eigenvalue weighted by Crippen LogP contribution is 2.35. The molecule has 0 aromatic carbocycles. The van der Waals surface area contributed by atoms with Crippen molar-refractivity contribution < 1.29 is 9.21 Å². The van der Waals surface area contributed by atoms with Gasteiger partial charge in [0.15, 0.2) is 5.69 Å². The molecule has 1 amide bonds. The standard InChI is InChI=1S/C12H20N2O2/c1-7(2)8(3)12(4,5)11-14-9(6-16-11)10(13)15/h6-8H,1-5H3,(H2,13,15)/t8-/m0/s1. The molecule has 2 N–H and O–H groups in total. The van der Waals surface area contributed by atoms with E-state index in [1.165, 1.54) is 6.26 Å². The van der Waals surface area contributed by atoms with Crippen LogP contribution in [0.1, 0.15) is 51.0 Å². The minimum Gasteiger partial charge on any atom is -0.448 e. The number of nitrogens with two attached hydrogens (primary N) is 1. The first-order chi connectivity index (χ1) is 7.26. The van der Waals surface area contributed by atoms with Gasteiger partial charge in [-0.2, -0.15) is 0 Å². The molecular formula is C12H20N2O2. The van der Waals surface area contributed by atoms with E-state index in [9.17, 15) is 4.79 Å². The lowest BCUT2D eigenvalue weighted by atomic mass is 9.74. The van der Waals surface area contributed by atoms with Crippen LogP contribution in [0.5, 0.6) is 0 Å². The van der Waals surface area contributed by atoms with E-state index in [0.29, 0.717) is 17.7 Å². The number of carbonyl (C=O) groups excluding carboxylic acids is 1. The fourth-order valence-corrected chi connectivity index (χ4v) is 1.71. The Kier molecular flexibility index (Phi) is 3.41. The summed E-state index contributed by atoms with van der Waals surface area (Å²) in [5, 5.41) is 0. The molecule has 0 saturated carbocycles. The van der Waals surface area contributed by atoms with Crippen LogP contribution in [0.15, 0.2) is 10.7 Å². The Bertz CT molecular complexity index is 380. The zero-order chi connectivity index (χ0) is 12.5. The van der Waals surface area contributed by atoms with Crippen LogP contribution >= 0.6 is 0 Å². The highest BCUT2D eigenvalue weighted by Gasteiger charge is 2.34. The van der Waals surface area contributed by atoms with Crippen LogP contribution in [0.4, 0.5) is 0 Å². The first-order valence-electron chi connectivity index (χ1n) is 5.52. The van der Waals surface area contributed by atoms with Crippen molar-refractivity contribution in [2.75, 3.05) is 0 Å². The molecule has 0 aliphatic rings. The Morgan fingerprint density at radius 1 is 1.44 bits per heavy atom. The quantitative estimate of drug-likeness (QED) is 0.853. The summed E-state index contributed by atoms with van der Waals surface area (Å²) < 4.78 is 5.35. The molecule has 4 heteroatoms. The molecule has 1 heterocycles. The van der Waals surface area contributed by atoms with Crippen molar-refractivity contribution in [3.63, 3.8) is 0 Å². The third-order valence-corrected chi connectivity index (χ3v) is 3.45. The number of hydrogen-bond donors (Lipinski definition) is 1. The highest BCUT2D eigenvalue weighted by molar-refractivity contribution is 5.90. The Hall–Kier alpha value is -1.32. The zero-order valence-electron chi connectivity index (χ0n) is 10.6. The first-order valence-corrected chi connectivity index (χ1v) is 5.52. The minimum atomic E-state index is -0.553. The van der Waals surface area contributed by atoms with Gasteiger partial charge in [-0.15, -0.1) is 0 Å². The molecule has 0 aliphatic carbocycles. The summed E-state index contributed by atoms with van der Waals surface area (Å²) in [6.45, 7) is 10.6. The van der Waals surface area contributed by atoms with Crippen LogP contribution in [0.2, 0.25) is 0 Å². The van der Waals surface area contributed by atoms with E-state index in [1.807, 2.05) is 0 Å². The van der Waals surface area contributed by atoms with Gasteiger partial charge in [0, 0.05) is 5.41 Å². The van der Waals surface area contributed by atoms with Crippen molar-refractivity contribution in [2.24, 2.45) is 17.6 Å². The molecule has 0 aliphatic heterocycles. The van der Waals surface area contributed by atoms with E-state index in [1.54, 1.807) is 0 Å². The molecule has 0 spiro atoms. The fourth-order valence-electron chi connectivity index (χ4n) is 1.71. The van der Waals surface area contributed by atoms with Gasteiger partial charge < -0.3 is 10.2 Å². The summed E-state index contributed by atoms with van der Waals surface area (Å²) in [4.78, 5) is 15.1. The predicted octanol–water partition coefficient (Wildman–Crippen LogP) is 2.34. The first kappa shape index (κ1) is 12.7. The number of primary amides is 1. The Morgan fingerprint density at radius 2 is 2.00 bits per heavy atom. The molecule has 1 aromatic heterocycles. The topological polar surface area (TPSA) is 69.1 Å². The summed E-state index contributed by atoms with van der Waals surface area (Å²) in [5.41, 5.74) is 5.13. The van der Waals surface area contributed by atoms with E-state index >= 15 is 0 Å². The van der Waals surface area contributed by atoms with E-state index in [4.69, 9.17) is 10.2 Å². The van der Waals surface area contributed by atoms with Crippen molar-refractivity contribution in [2.45, 2.75) is 40.0 Å². The largest absolute Gasteiger partial charge is 0.448 e. The van der Waals surface area contributed by atoms with Crippen LogP contribution in [0.25, 0.3) is 0 Å². The molecule has 0 saturated heterocycles. The summed E-state index contributed by atoms with van der Waals surface area (Å²) >= 11 is 0. The van der Waals surface area contributed by atoms with Crippen molar-refractivity contribution in [3.8, 4) is 0 Å². The maximum atomic E-state index is 10.9. The number of carbonyl (C=O) groups is 1. The second-order valence-corrected chi connectivity index (χ2v) is 5.16. The van der Waals surface area contributed by atoms with Crippen molar-refractivity contribution in [1.82, 2.24) is 4.98 Å². The van der Waals surface area contributed by atoms with Gasteiger partial charge >= 0.3 is 0 Å². The SMILES string of the molecule is CC(C)[C@H](C)C(C)(C)c1nc(C(N)=O)co1. The van der Waals surface area contributed by atoms with Gasteiger partial charge in [-0.1, -0.05) is 34.6 Å². The zero-order valence-corrected chi connectivity index (χ0v) is 10.6. The maximum absolute atomic E-state index is 10.9. The van der Waals surface area contributed by atoms with Gasteiger partial charge in [-0.3, -0.25) is 4.79 Å². The van der Waals surface area contributed by atoms with Crippen molar-refractivity contribution in [1.29, 1.82) is 0 Å². The molecule has 16 heavy (non-hydrogen) atoms. The number of aromatic nitrogens is 1. The monoisotopic (exact) mass is 224 g/mol. The van der Waals surface area contributed by atoms with Crippen molar-refractivity contribution >= 4 is 5.91 Å². The predicted molar refractivity (Wildman–Crippen MR) is 62.0 cm³/mol. The summed E-state index contributed by atoms with van der Waals surface area (Å²) in [7, 11) is 0. The number of nitrogens with zero attached hydrogens (tertiary/aromatic N) is 1. The maximum Gasteiger partial charge on any atom is 0.270 e. The number of amides is 1. The second kappa shape index (κ2) is 4.28. The third-order valence-electron chi connectivity index (χ3n) is 3.45. The average molecular weight is 224 g/mol. The Balaban J connectivity index is 3.02. The molecule has 1 atom stereocenters. The van der Waals surface area contributed by atoms with Crippen LogP contribution in [0.3, 0.4) is 0 Å². The summed E-state index contributed by atoms with van der Waals surface area (Å²) in [5.74, 6) is 0.927. The normalized spacial score (nSPS) is 14.1. The van der Waals surface area contributed by atoms with Gasteiger partial charge in [0.2, 0.25) is 5.89 Å². The summed E-state index contributed by atoms with van der Waals surface area (Å²) in [6.07, 6.45) is 1.33. The van der Waals surface area contributed by atoms with Gasteiger partial charge in [-0.05, 0) is 11.8 Å². The molecule has 0 radical (unpaired) electrons. The van der Waals surface area contributed by atoms with Crippen LogP contribution in [-0.4, -0.2) is 10.9 Å². The van der Waals surface area contributed by atoms with Crippen LogP contribution in [0, 0.1) is 11.8 Å². The molecule has 1 rings (SSSR count). The van der Waals surface area contributed by atoms with Gasteiger partial charge in [-0.25, -0.2) is 4.98 Å². The van der Waals surface area contributed by atoms with Gasteiger partial charge in [0.05, 0.1) is 0 Å². The lowest BCUT2D eigenvalue weighted by molar-refractivity contribution is 0.0995. The lowest BCUT2D eigenvalue weighted by Crippen LogP contribution is -2.30. The van der Waals surface area contributed by atoms with Crippen LogP contribution in [-0.2, 0) is 5.41 Å². The average Bonchev–Trinajstić information content (AvgIpc) is 2.65. The fraction of sp³-hybridized carbons (Fsp3) is 0.667. The molecule has 0 bridgehead atoms. The second-order valence-electron chi connectivity index (χ2n) is 5.16. The van der Waals surface area contributed by atoms with E-state index in [2.05, 4.69) is 39.6 Å². The molecule has 0 unspecified atom stereocenters. The molecular weight excluding hydrogens is 204 g/mol. The van der Waals surface area contributed by atoms with Gasteiger partial charge in [0.1, 0.15) is 6.26 Å². The molecule has 4 nitrogen and oxygen atoms in total. The minimum absolute atomic E-state index is 0.194. The highest BCUT2D eigenvalue weighted by atomic mass is 16.3. The molecule has 0 fully saturated rings. The van der Waals surface area contributed by atoms with Crippen LogP contribution < -0.4 is 5.73 Å². The smallest absolute Gasteiger partial charge is 0.270 e. The van der Waals surface area contributed by atoms with Gasteiger partial charge in [0.25, 0.3) is 5.91 Å². The van der Waals surface area contributed by atoms with E-state index in [0.717, 1.165) is 0 Å². The van der Waals surface area contributed by atoms with E-state index in [-0.39, 0.29) is 11.1 Å². The molecule has 1 aromatic rings. The van der Waals surface area contributed by atoms with Crippen molar-refractivity contribution in [3.05, 3.63) is 17.8 Å². The lowest BCUT2D eigenvalue weighted by Gasteiger charge is -2.31. The number of rotatable bonds is 4. The summed E-state index contributed by atoms with van der Waals surface area (Å²) in [6, 6.07) is 0. The Labute approximate surface area is 96.2 Å². The third kappa shape index (κ3) is 2.26. The number of hydrogen-bond acceptors (Lipinski definition) is 3. The number of oxazole rings is 1. The van der Waals surface area contributed by atoms with E-state index < -0.39 is 5.91 Å². The Morgan fingerprint density at radius 3 is 2.38 bits per heavy atom.